The van der Waals surface area contributed by atoms with Crippen LogP contribution >= 0.6 is 0 Å². The summed E-state index contributed by atoms with van der Waals surface area (Å²) < 4.78 is 14.5. The number of nitrogens with zero attached hydrogens (tertiary/aromatic N) is 4. The molecule has 4 aliphatic heterocycles. The smallest absolute Gasteiger partial charge is 0.260 e. The molecule has 0 N–H and O–H groups in total. The third-order valence-corrected chi connectivity index (χ3v) is 17.9. The van der Waals surface area contributed by atoms with Crippen LogP contribution in [-0.2, 0) is 5.41 Å². The van der Waals surface area contributed by atoms with Gasteiger partial charge in [-0.05, 0) is 147 Å². The maximum absolute atomic E-state index is 7.50. The van der Waals surface area contributed by atoms with Gasteiger partial charge in [0, 0.05) is 86.0 Å². The van der Waals surface area contributed by atoms with Crippen molar-refractivity contribution in [2.75, 3.05) is 19.6 Å². The molecular weight excluding hydrogens is 1010 g/mol. The van der Waals surface area contributed by atoms with E-state index in [1.54, 1.807) is 0 Å². The first kappa shape index (κ1) is 47.4. The quantitative estimate of drug-likeness (QED) is 0.141. The molecule has 8 heteroatoms. The van der Waals surface area contributed by atoms with Gasteiger partial charge < -0.3 is 29.1 Å². The average Bonchev–Trinajstić information content (AvgIpc) is 1.27. The van der Waals surface area contributed by atoms with Gasteiger partial charge in [0.25, 0.3) is 13.4 Å². The van der Waals surface area contributed by atoms with Gasteiger partial charge in [-0.15, -0.1) is 0 Å². The molecule has 0 spiro atoms. The Labute approximate surface area is 484 Å². The maximum Gasteiger partial charge on any atom is 0.260 e. The lowest BCUT2D eigenvalue weighted by Gasteiger charge is -2.45. The predicted molar refractivity (Wildman–Crippen MR) is 345 cm³/mol. The summed E-state index contributed by atoms with van der Waals surface area (Å²) in [5.74, 6) is 3.22. The van der Waals surface area contributed by atoms with Crippen LogP contribution in [0.1, 0.15) is 25.0 Å². The summed E-state index contributed by atoms with van der Waals surface area (Å²) in [5, 5.41) is 0. The Balaban J connectivity index is 0.932. The molecule has 0 unspecified atom stereocenters. The third-order valence-electron chi connectivity index (χ3n) is 17.9. The Morgan fingerprint density at radius 3 is 1.41 bits per heavy atom. The number of para-hydroxylation sites is 7. The molecule has 0 aromatic heterocycles. The van der Waals surface area contributed by atoms with Crippen LogP contribution in [0, 0.1) is 0 Å². The number of anilines is 12. The standard InChI is InChI=1S/C75H52B2N4O2/c1-75(2)59-35-19-18-34-57(59)58-41-40-54(42-60(58)75)81-65-38-22-20-36-61(65)76-63-47-64-70(83-72-46-56(45-71-74(72)77(64)62-37-21-23-39-69(62)82-71)79(51-28-12-5-13-29-51)52-30-14-6-15-31-52)48-66(63)80(53-32-16-7-17-33-53)67-43-55(44-68(81)73(67)76)78(49-24-8-3-9-25-49)50-26-10-4-11-27-50/h3-48H,1-2H3. The van der Waals surface area contributed by atoms with Gasteiger partial charge in [-0.2, -0.15) is 0 Å². The van der Waals surface area contributed by atoms with Crippen LogP contribution in [0.5, 0.6) is 23.0 Å². The largest absolute Gasteiger partial charge is 0.458 e. The number of hydrogen-bond donors (Lipinski definition) is 0. The Morgan fingerprint density at radius 2 is 0.783 bits per heavy atom. The third kappa shape index (κ3) is 7.19. The lowest BCUT2D eigenvalue weighted by molar-refractivity contribution is 0.465. The second kappa shape index (κ2) is 18.3. The van der Waals surface area contributed by atoms with Gasteiger partial charge in [0.2, 0.25) is 0 Å². The number of fused-ring (bicyclic) bond motifs is 11. The van der Waals surface area contributed by atoms with E-state index in [9.17, 15) is 0 Å². The molecule has 17 rings (SSSR count). The monoisotopic (exact) mass is 1060 g/mol. The molecule has 5 aliphatic rings. The van der Waals surface area contributed by atoms with E-state index in [0.29, 0.717) is 0 Å². The highest BCUT2D eigenvalue weighted by Crippen LogP contribution is 2.53. The Kier molecular flexibility index (Phi) is 10.4. The molecule has 0 amide bonds. The molecule has 6 nitrogen and oxygen atoms in total. The van der Waals surface area contributed by atoms with E-state index in [0.717, 1.165) is 108 Å². The van der Waals surface area contributed by atoms with Crippen LogP contribution in [0.25, 0.3) is 11.1 Å². The predicted octanol–water partition coefficient (Wildman–Crippen LogP) is 15.7. The zero-order valence-electron chi connectivity index (χ0n) is 45.8. The number of hydrogen-bond acceptors (Lipinski definition) is 6. The second-order valence-corrected chi connectivity index (χ2v) is 22.8. The Morgan fingerprint density at radius 1 is 0.301 bits per heavy atom. The summed E-state index contributed by atoms with van der Waals surface area (Å²) in [5.41, 5.74) is 24.9. The highest BCUT2D eigenvalue weighted by molar-refractivity contribution is 7.02. The van der Waals surface area contributed by atoms with Gasteiger partial charge in [0.1, 0.15) is 23.0 Å². The number of benzene rings is 12. The molecular formula is C75H52B2N4O2. The zero-order chi connectivity index (χ0) is 54.9. The highest BCUT2D eigenvalue weighted by atomic mass is 16.5. The van der Waals surface area contributed by atoms with E-state index in [1.807, 2.05) is 0 Å². The van der Waals surface area contributed by atoms with Gasteiger partial charge in [-0.3, -0.25) is 0 Å². The molecule has 390 valence electrons. The van der Waals surface area contributed by atoms with E-state index in [4.69, 9.17) is 9.47 Å². The molecule has 1 aliphatic carbocycles. The van der Waals surface area contributed by atoms with E-state index >= 15 is 0 Å². The first-order chi connectivity index (χ1) is 40.9. The van der Waals surface area contributed by atoms with Crippen molar-refractivity contribution in [1.82, 2.24) is 0 Å². The van der Waals surface area contributed by atoms with E-state index in [-0.39, 0.29) is 18.8 Å². The Bertz CT molecular complexity index is 4500. The van der Waals surface area contributed by atoms with Crippen LogP contribution in [0.3, 0.4) is 0 Å². The second-order valence-electron chi connectivity index (χ2n) is 22.8. The summed E-state index contributed by atoms with van der Waals surface area (Å²) in [6.07, 6.45) is 0. The van der Waals surface area contributed by atoms with E-state index < -0.39 is 0 Å². The van der Waals surface area contributed by atoms with Gasteiger partial charge >= 0.3 is 0 Å². The first-order valence-electron chi connectivity index (χ1n) is 28.7. The highest BCUT2D eigenvalue weighted by Gasteiger charge is 2.48. The van der Waals surface area contributed by atoms with Gasteiger partial charge in [-0.1, -0.05) is 178 Å². The molecule has 83 heavy (non-hydrogen) atoms. The molecule has 12 aromatic rings. The van der Waals surface area contributed by atoms with Crippen molar-refractivity contribution >= 4 is 114 Å². The summed E-state index contributed by atoms with van der Waals surface area (Å²) in [6, 6.07) is 101. The van der Waals surface area contributed by atoms with E-state index in [2.05, 4.69) is 312 Å². The summed E-state index contributed by atoms with van der Waals surface area (Å²) in [4.78, 5) is 9.75. The van der Waals surface area contributed by atoms with Crippen molar-refractivity contribution in [3.63, 3.8) is 0 Å². The van der Waals surface area contributed by atoms with Crippen LogP contribution in [0.15, 0.2) is 279 Å². The Hall–Kier alpha value is -10.4. The molecule has 0 fully saturated rings. The van der Waals surface area contributed by atoms with Crippen molar-refractivity contribution < 1.29 is 9.47 Å². The van der Waals surface area contributed by atoms with Gasteiger partial charge in [-0.25, -0.2) is 0 Å². The zero-order valence-corrected chi connectivity index (χ0v) is 45.8. The summed E-state index contributed by atoms with van der Waals surface area (Å²) >= 11 is 0. The average molecular weight is 1060 g/mol. The van der Waals surface area contributed by atoms with Crippen molar-refractivity contribution in [2.24, 2.45) is 0 Å². The fourth-order valence-electron chi connectivity index (χ4n) is 14.3. The molecule has 0 radical (unpaired) electrons. The molecule has 4 heterocycles. The van der Waals surface area contributed by atoms with Crippen molar-refractivity contribution in [1.29, 1.82) is 0 Å². The van der Waals surface area contributed by atoms with Crippen molar-refractivity contribution in [3.05, 3.63) is 290 Å². The van der Waals surface area contributed by atoms with Crippen molar-refractivity contribution in [3.8, 4) is 34.1 Å². The lowest BCUT2D eigenvalue weighted by atomic mass is 9.31. The van der Waals surface area contributed by atoms with Crippen LogP contribution < -0.4 is 61.9 Å². The van der Waals surface area contributed by atoms with Crippen LogP contribution in [0.4, 0.5) is 68.2 Å². The number of ether oxygens (including phenoxy) is 2. The van der Waals surface area contributed by atoms with Crippen LogP contribution in [0.2, 0.25) is 0 Å². The molecule has 0 bridgehead atoms. The molecule has 0 saturated heterocycles. The maximum atomic E-state index is 7.50. The normalized spacial score (nSPS) is 13.9. The van der Waals surface area contributed by atoms with Crippen molar-refractivity contribution in [2.45, 2.75) is 19.3 Å². The van der Waals surface area contributed by atoms with Gasteiger partial charge in [0.15, 0.2) is 0 Å². The van der Waals surface area contributed by atoms with E-state index in [1.165, 1.54) is 38.6 Å². The van der Waals surface area contributed by atoms with Crippen LogP contribution in [-0.4, -0.2) is 13.4 Å². The lowest BCUT2D eigenvalue weighted by Crippen LogP contribution is -2.64. The molecule has 0 saturated carbocycles. The number of rotatable bonds is 8. The van der Waals surface area contributed by atoms with Gasteiger partial charge in [0.05, 0.1) is 11.4 Å². The molecule has 0 atom stereocenters. The minimum atomic E-state index is -0.200. The minimum absolute atomic E-state index is 0.164. The topological polar surface area (TPSA) is 31.4 Å². The SMILES string of the molecule is CC1(C)c2ccccc2-c2ccc(N3c4ccccc4B4c5cc6c(cc5N(c5ccccc5)c5cc(N(c7ccccc7)c7ccccc7)cc3c54)Oc3cc(N(c4ccccc4)c4ccccc4)cc4c3B6c3ccccc3O4)cc21. The fraction of sp³-hybridized carbons (Fsp3) is 0.0400. The summed E-state index contributed by atoms with van der Waals surface area (Å²) in [6.45, 7) is 4.41. The minimum Gasteiger partial charge on any atom is -0.458 e. The summed E-state index contributed by atoms with van der Waals surface area (Å²) in [7, 11) is 0. The molecule has 12 aromatic carbocycles. The fourth-order valence-corrected chi connectivity index (χ4v) is 14.3. The first-order valence-corrected chi connectivity index (χ1v) is 28.7.